The largest absolute Gasteiger partial charge is 0.450 e. The van der Waals surface area contributed by atoms with Gasteiger partial charge in [-0.1, -0.05) is 6.07 Å². The molecule has 0 saturated heterocycles. The highest BCUT2D eigenvalue weighted by atomic mass is 79.9. The Morgan fingerprint density at radius 2 is 2.33 bits per heavy atom. The van der Waals surface area contributed by atoms with Gasteiger partial charge in [0.05, 0.1) is 5.56 Å². The van der Waals surface area contributed by atoms with E-state index in [0.717, 1.165) is 6.07 Å². The summed E-state index contributed by atoms with van der Waals surface area (Å²) >= 11 is 2.93. The molecule has 0 radical (unpaired) electrons. The van der Waals surface area contributed by atoms with Crippen LogP contribution in [-0.4, -0.2) is 11.5 Å². The highest BCUT2D eigenvalue weighted by molar-refractivity contribution is 9.09. The number of hydrogen-bond donors (Lipinski definition) is 0. The van der Waals surface area contributed by atoms with Crippen LogP contribution in [0.5, 0.6) is 0 Å². The molecule has 0 atom stereocenters. The first-order valence-electron chi connectivity index (χ1n) is 3.22. The van der Waals surface area contributed by atoms with E-state index in [1.165, 1.54) is 18.2 Å². The van der Waals surface area contributed by atoms with Crippen LogP contribution < -0.4 is 0 Å². The SMILES string of the molecule is O=C(OCBr)c1cccc(F)c1. The molecule has 0 aromatic heterocycles. The van der Waals surface area contributed by atoms with Gasteiger partial charge in [-0.2, -0.15) is 0 Å². The van der Waals surface area contributed by atoms with Gasteiger partial charge in [0, 0.05) is 0 Å². The van der Waals surface area contributed by atoms with E-state index in [1.54, 1.807) is 0 Å². The maximum absolute atomic E-state index is 12.5. The standard InChI is InChI=1S/C8H6BrFO2/c9-5-12-8(11)6-2-1-3-7(10)4-6/h1-4H,5H2. The summed E-state index contributed by atoms with van der Waals surface area (Å²) < 4.78 is 17.1. The molecule has 0 N–H and O–H groups in total. The molecule has 1 aromatic rings. The van der Waals surface area contributed by atoms with Crippen LogP contribution in [0.25, 0.3) is 0 Å². The molecule has 1 aromatic carbocycles. The molecule has 0 amide bonds. The summed E-state index contributed by atoms with van der Waals surface area (Å²) in [6.07, 6.45) is 0. The maximum Gasteiger partial charge on any atom is 0.339 e. The Balaban J connectivity index is 2.81. The third-order valence-corrected chi connectivity index (χ3v) is 1.47. The third-order valence-electron chi connectivity index (χ3n) is 1.25. The van der Waals surface area contributed by atoms with Gasteiger partial charge in [0.15, 0.2) is 0 Å². The lowest BCUT2D eigenvalue weighted by molar-refractivity contribution is 0.0583. The molecular formula is C8H6BrFO2. The van der Waals surface area contributed by atoms with E-state index < -0.39 is 11.8 Å². The van der Waals surface area contributed by atoms with Gasteiger partial charge >= 0.3 is 5.97 Å². The Labute approximate surface area is 77.5 Å². The summed E-state index contributed by atoms with van der Waals surface area (Å²) in [5, 5.41) is 0. The molecule has 4 heteroatoms. The van der Waals surface area contributed by atoms with Crippen molar-refractivity contribution < 1.29 is 13.9 Å². The van der Waals surface area contributed by atoms with Crippen LogP contribution in [0, 0.1) is 5.82 Å². The summed E-state index contributed by atoms with van der Waals surface area (Å²) in [7, 11) is 0. The molecule has 0 aliphatic heterocycles. The number of ether oxygens (including phenoxy) is 1. The van der Waals surface area contributed by atoms with Gasteiger partial charge in [-0.05, 0) is 34.1 Å². The highest BCUT2D eigenvalue weighted by Gasteiger charge is 2.05. The van der Waals surface area contributed by atoms with Crippen molar-refractivity contribution in [3.05, 3.63) is 35.6 Å². The minimum atomic E-state index is -0.536. The quantitative estimate of drug-likeness (QED) is 0.578. The van der Waals surface area contributed by atoms with Crippen molar-refractivity contribution in [2.75, 3.05) is 5.52 Å². The number of benzene rings is 1. The fourth-order valence-electron chi connectivity index (χ4n) is 0.748. The number of rotatable bonds is 2. The van der Waals surface area contributed by atoms with E-state index in [9.17, 15) is 9.18 Å². The van der Waals surface area contributed by atoms with Gasteiger partial charge in [0.1, 0.15) is 11.3 Å². The molecule has 0 aliphatic carbocycles. The topological polar surface area (TPSA) is 26.3 Å². The summed E-state index contributed by atoms with van der Waals surface area (Å²) in [4.78, 5) is 11.0. The highest BCUT2D eigenvalue weighted by Crippen LogP contribution is 2.05. The number of esters is 1. The number of alkyl halides is 1. The predicted octanol–water partition coefficient (Wildman–Crippen LogP) is 2.33. The Morgan fingerprint density at radius 1 is 1.58 bits per heavy atom. The number of carbonyl (C=O) groups is 1. The number of halogens is 2. The Morgan fingerprint density at radius 3 is 2.92 bits per heavy atom. The van der Waals surface area contributed by atoms with E-state index >= 15 is 0 Å². The molecule has 0 bridgehead atoms. The van der Waals surface area contributed by atoms with E-state index in [1.807, 2.05) is 0 Å². The van der Waals surface area contributed by atoms with Crippen molar-refractivity contribution in [2.24, 2.45) is 0 Å². The van der Waals surface area contributed by atoms with Gasteiger partial charge in [0.2, 0.25) is 0 Å². The van der Waals surface area contributed by atoms with Crippen molar-refractivity contribution in [1.29, 1.82) is 0 Å². The smallest absolute Gasteiger partial charge is 0.339 e. The molecule has 0 fully saturated rings. The summed E-state index contributed by atoms with van der Waals surface area (Å²) in [6.45, 7) is 0. The van der Waals surface area contributed by atoms with Crippen molar-refractivity contribution in [3.63, 3.8) is 0 Å². The fraction of sp³-hybridized carbons (Fsp3) is 0.125. The van der Waals surface area contributed by atoms with Crippen LogP contribution in [0.3, 0.4) is 0 Å². The lowest BCUT2D eigenvalue weighted by Gasteiger charge is -1.99. The normalized spacial score (nSPS) is 9.50. The van der Waals surface area contributed by atoms with Gasteiger partial charge in [-0.3, -0.25) is 0 Å². The molecule has 12 heavy (non-hydrogen) atoms. The van der Waals surface area contributed by atoms with Gasteiger partial charge in [-0.15, -0.1) is 0 Å². The van der Waals surface area contributed by atoms with Gasteiger partial charge < -0.3 is 4.74 Å². The molecule has 64 valence electrons. The fourth-order valence-corrected chi connectivity index (χ4v) is 0.956. The summed E-state index contributed by atoms with van der Waals surface area (Å²) in [5.41, 5.74) is 0.331. The Kier molecular flexibility index (Phi) is 3.22. The van der Waals surface area contributed by atoms with Crippen molar-refractivity contribution in [2.45, 2.75) is 0 Å². The minimum absolute atomic E-state index is 0.113. The van der Waals surface area contributed by atoms with Gasteiger partial charge in [0.25, 0.3) is 0 Å². The molecule has 0 heterocycles. The monoisotopic (exact) mass is 232 g/mol. The third kappa shape index (κ3) is 2.30. The molecule has 0 saturated carbocycles. The van der Waals surface area contributed by atoms with Crippen LogP contribution in [0.15, 0.2) is 24.3 Å². The molecule has 0 unspecified atom stereocenters. The average Bonchev–Trinajstić information content (AvgIpc) is 2.05. The van der Waals surface area contributed by atoms with Crippen LogP contribution in [0.1, 0.15) is 10.4 Å². The number of carbonyl (C=O) groups excluding carboxylic acids is 1. The molecular weight excluding hydrogens is 227 g/mol. The Hall–Kier alpha value is -0.900. The zero-order valence-corrected chi connectivity index (χ0v) is 7.67. The Bertz CT molecular complexity index is 288. The van der Waals surface area contributed by atoms with Gasteiger partial charge in [-0.25, -0.2) is 9.18 Å². The van der Waals surface area contributed by atoms with E-state index in [0.29, 0.717) is 0 Å². The summed E-state index contributed by atoms with van der Waals surface area (Å²) in [5.74, 6) is -0.981. The van der Waals surface area contributed by atoms with E-state index in [-0.39, 0.29) is 11.1 Å². The molecule has 0 spiro atoms. The first-order chi connectivity index (χ1) is 5.74. The maximum atomic E-state index is 12.5. The predicted molar refractivity (Wildman–Crippen MR) is 45.6 cm³/mol. The minimum Gasteiger partial charge on any atom is -0.450 e. The lowest BCUT2D eigenvalue weighted by Crippen LogP contribution is -2.03. The zero-order valence-electron chi connectivity index (χ0n) is 6.09. The lowest BCUT2D eigenvalue weighted by atomic mass is 10.2. The van der Waals surface area contributed by atoms with Crippen molar-refractivity contribution in [3.8, 4) is 0 Å². The summed E-state index contributed by atoms with van der Waals surface area (Å²) in [6, 6.07) is 5.35. The second kappa shape index (κ2) is 4.21. The first kappa shape index (κ1) is 9.19. The van der Waals surface area contributed by atoms with Crippen LogP contribution in [0.4, 0.5) is 4.39 Å². The average molecular weight is 233 g/mol. The second-order valence-electron chi connectivity index (χ2n) is 2.05. The van der Waals surface area contributed by atoms with Crippen molar-refractivity contribution >= 4 is 21.9 Å². The molecule has 2 nitrogen and oxygen atoms in total. The van der Waals surface area contributed by atoms with Crippen LogP contribution in [0.2, 0.25) is 0 Å². The number of hydrogen-bond acceptors (Lipinski definition) is 2. The second-order valence-corrected chi connectivity index (χ2v) is 2.51. The van der Waals surface area contributed by atoms with E-state index in [4.69, 9.17) is 0 Å². The molecule has 0 aliphatic rings. The van der Waals surface area contributed by atoms with E-state index in [2.05, 4.69) is 20.7 Å². The first-order valence-corrected chi connectivity index (χ1v) is 4.35. The molecule has 1 rings (SSSR count). The van der Waals surface area contributed by atoms with Crippen LogP contribution >= 0.6 is 15.9 Å². The zero-order chi connectivity index (χ0) is 8.97. The van der Waals surface area contributed by atoms with Crippen molar-refractivity contribution in [1.82, 2.24) is 0 Å². The van der Waals surface area contributed by atoms with Crippen LogP contribution in [-0.2, 0) is 4.74 Å².